The lowest BCUT2D eigenvalue weighted by atomic mass is 10.0. The van der Waals surface area contributed by atoms with Crippen LogP contribution in [-0.2, 0) is 11.2 Å². The van der Waals surface area contributed by atoms with Crippen LogP contribution in [0.3, 0.4) is 0 Å². The SMILES string of the molecule is Cc1ccn2c(CC(=O)Nc3ccc(Cl)cc3Cl)c(-c3ccc(C)c(C)c3)nc2c1. The fraction of sp³-hybridized carbons (Fsp3) is 0.167. The second-order valence-electron chi connectivity index (χ2n) is 7.49. The first-order valence-corrected chi connectivity index (χ1v) is 10.4. The molecule has 0 saturated carbocycles. The van der Waals surface area contributed by atoms with Crippen molar-refractivity contribution in [2.24, 2.45) is 0 Å². The number of carbonyl (C=O) groups excluding carboxylic acids is 1. The Morgan fingerprint density at radius 2 is 1.80 bits per heavy atom. The van der Waals surface area contributed by atoms with Gasteiger partial charge in [0.1, 0.15) is 5.65 Å². The summed E-state index contributed by atoms with van der Waals surface area (Å²) in [6.45, 7) is 6.18. The predicted octanol–water partition coefficient (Wildman–Crippen LogP) is 6.41. The molecule has 4 rings (SSSR count). The summed E-state index contributed by atoms with van der Waals surface area (Å²) in [6.07, 6.45) is 2.12. The Morgan fingerprint density at radius 3 is 2.53 bits per heavy atom. The number of imidazole rings is 1. The predicted molar refractivity (Wildman–Crippen MR) is 124 cm³/mol. The van der Waals surface area contributed by atoms with Crippen LogP contribution in [0.15, 0.2) is 54.7 Å². The van der Waals surface area contributed by atoms with Gasteiger partial charge >= 0.3 is 0 Å². The molecular formula is C24H21Cl2N3O. The van der Waals surface area contributed by atoms with Gasteiger partial charge in [0.05, 0.1) is 28.5 Å². The number of benzene rings is 2. The van der Waals surface area contributed by atoms with E-state index in [1.807, 2.05) is 29.7 Å². The van der Waals surface area contributed by atoms with E-state index in [0.717, 1.165) is 28.2 Å². The zero-order chi connectivity index (χ0) is 21.4. The highest BCUT2D eigenvalue weighted by Gasteiger charge is 2.18. The zero-order valence-electron chi connectivity index (χ0n) is 17.0. The van der Waals surface area contributed by atoms with Crippen LogP contribution in [-0.4, -0.2) is 15.3 Å². The van der Waals surface area contributed by atoms with E-state index >= 15 is 0 Å². The third-order valence-corrected chi connectivity index (χ3v) is 5.74. The number of fused-ring (bicyclic) bond motifs is 1. The van der Waals surface area contributed by atoms with Gasteiger partial charge < -0.3 is 9.72 Å². The van der Waals surface area contributed by atoms with Crippen LogP contribution >= 0.6 is 23.2 Å². The molecule has 0 fully saturated rings. The average molecular weight is 438 g/mol. The molecule has 0 aliphatic carbocycles. The van der Waals surface area contributed by atoms with Crippen LogP contribution in [0, 0.1) is 20.8 Å². The molecule has 2 heterocycles. The lowest BCUT2D eigenvalue weighted by Gasteiger charge is -2.10. The number of aromatic nitrogens is 2. The van der Waals surface area contributed by atoms with Gasteiger partial charge in [0, 0.05) is 16.8 Å². The fourth-order valence-electron chi connectivity index (χ4n) is 3.42. The number of pyridine rings is 1. The highest BCUT2D eigenvalue weighted by molar-refractivity contribution is 6.36. The van der Waals surface area contributed by atoms with Crippen LogP contribution in [0.5, 0.6) is 0 Å². The molecule has 1 amide bonds. The van der Waals surface area contributed by atoms with Crippen LogP contribution in [0.25, 0.3) is 16.9 Å². The van der Waals surface area contributed by atoms with E-state index in [4.69, 9.17) is 28.2 Å². The third-order valence-electron chi connectivity index (χ3n) is 5.19. The van der Waals surface area contributed by atoms with E-state index in [9.17, 15) is 4.79 Å². The molecule has 30 heavy (non-hydrogen) atoms. The van der Waals surface area contributed by atoms with Gasteiger partial charge in [-0.15, -0.1) is 0 Å². The number of amides is 1. The fourth-order valence-corrected chi connectivity index (χ4v) is 3.88. The molecule has 0 saturated heterocycles. The van der Waals surface area contributed by atoms with Gasteiger partial charge in [-0.25, -0.2) is 4.98 Å². The first kappa shape index (κ1) is 20.5. The number of carbonyl (C=O) groups is 1. The lowest BCUT2D eigenvalue weighted by molar-refractivity contribution is -0.115. The maximum atomic E-state index is 12.9. The Kier molecular flexibility index (Phi) is 5.54. The highest BCUT2D eigenvalue weighted by atomic mass is 35.5. The van der Waals surface area contributed by atoms with Crippen LogP contribution in [0.2, 0.25) is 10.0 Å². The number of halogens is 2. The average Bonchev–Trinajstić information content (AvgIpc) is 3.03. The van der Waals surface area contributed by atoms with Crippen molar-refractivity contribution in [3.05, 3.63) is 87.2 Å². The lowest BCUT2D eigenvalue weighted by Crippen LogP contribution is -2.16. The molecule has 0 aliphatic rings. The monoisotopic (exact) mass is 437 g/mol. The largest absolute Gasteiger partial charge is 0.324 e. The molecule has 2 aromatic heterocycles. The van der Waals surface area contributed by atoms with E-state index in [0.29, 0.717) is 15.7 Å². The van der Waals surface area contributed by atoms with Crippen molar-refractivity contribution >= 4 is 40.4 Å². The van der Waals surface area contributed by atoms with Crippen LogP contribution < -0.4 is 5.32 Å². The summed E-state index contributed by atoms with van der Waals surface area (Å²) in [6, 6.07) is 15.3. The molecule has 0 radical (unpaired) electrons. The molecule has 0 atom stereocenters. The summed E-state index contributed by atoms with van der Waals surface area (Å²) in [5.74, 6) is -0.174. The molecule has 2 aromatic carbocycles. The van der Waals surface area contributed by atoms with Gasteiger partial charge in [-0.1, -0.05) is 35.3 Å². The quantitative estimate of drug-likeness (QED) is 0.400. The van der Waals surface area contributed by atoms with E-state index in [1.54, 1.807) is 18.2 Å². The number of anilines is 1. The van der Waals surface area contributed by atoms with Crippen LogP contribution in [0.1, 0.15) is 22.4 Å². The molecule has 4 nitrogen and oxygen atoms in total. The second kappa shape index (κ2) is 8.13. The molecule has 0 spiro atoms. The maximum Gasteiger partial charge on any atom is 0.230 e. The van der Waals surface area contributed by atoms with Crippen molar-refractivity contribution in [2.45, 2.75) is 27.2 Å². The normalized spacial score (nSPS) is 11.1. The number of rotatable bonds is 4. The molecule has 0 unspecified atom stereocenters. The van der Waals surface area contributed by atoms with Crippen LogP contribution in [0.4, 0.5) is 5.69 Å². The van der Waals surface area contributed by atoms with Crippen molar-refractivity contribution in [1.82, 2.24) is 9.38 Å². The minimum absolute atomic E-state index is 0.158. The minimum Gasteiger partial charge on any atom is -0.324 e. The smallest absolute Gasteiger partial charge is 0.230 e. The van der Waals surface area contributed by atoms with Crippen molar-refractivity contribution in [3.8, 4) is 11.3 Å². The molecular weight excluding hydrogens is 417 g/mol. The third kappa shape index (κ3) is 4.07. The Labute approximate surface area is 185 Å². The molecule has 152 valence electrons. The standard InChI is InChI=1S/C24H21Cl2N3O/c1-14-8-9-29-21(13-23(30)27-20-7-6-18(25)12-19(20)26)24(28-22(29)10-14)17-5-4-15(2)16(3)11-17/h4-12H,13H2,1-3H3,(H,27,30). The van der Waals surface area contributed by atoms with Gasteiger partial charge in [-0.2, -0.15) is 0 Å². The van der Waals surface area contributed by atoms with Gasteiger partial charge in [0.15, 0.2) is 0 Å². The Hall–Kier alpha value is -2.82. The molecule has 6 heteroatoms. The van der Waals surface area contributed by atoms with E-state index in [-0.39, 0.29) is 12.3 Å². The summed E-state index contributed by atoms with van der Waals surface area (Å²) in [5.41, 5.74) is 7.49. The topological polar surface area (TPSA) is 46.4 Å². The number of hydrogen-bond donors (Lipinski definition) is 1. The van der Waals surface area contributed by atoms with Gasteiger partial charge in [-0.3, -0.25) is 4.79 Å². The van der Waals surface area contributed by atoms with E-state index in [2.05, 4.69) is 37.4 Å². The van der Waals surface area contributed by atoms with Crippen molar-refractivity contribution < 1.29 is 4.79 Å². The Morgan fingerprint density at radius 1 is 1.00 bits per heavy atom. The van der Waals surface area contributed by atoms with Crippen molar-refractivity contribution in [3.63, 3.8) is 0 Å². The maximum absolute atomic E-state index is 12.9. The number of nitrogens with one attached hydrogen (secondary N) is 1. The number of aryl methyl sites for hydroxylation is 3. The number of hydrogen-bond acceptors (Lipinski definition) is 2. The van der Waals surface area contributed by atoms with Crippen molar-refractivity contribution in [2.75, 3.05) is 5.32 Å². The molecule has 1 N–H and O–H groups in total. The first-order valence-electron chi connectivity index (χ1n) is 9.62. The van der Waals surface area contributed by atoms with Gasteiger partial charge in [0.2, 0.25) is 5.91 Å². The summed E-state index contributed by atoms with van der Waals surface area (Å²) < 4.78 is 1.97. The highest BCUT2D eigenvalue weighted by Crippen LogP contribution is 2.29. The van der Waals surface area contributed by atoms with Crippen molar-refractivity contribution in [1.29, 1.82) is 0 Å². The summed E-state index contributed by atoms with van der Waals surface area (Å²) in [7, 11) is 0. The molecule has 0 bridgehead atoms. The van der Waals surface area contributed by atoms with E-state index in [1.165, 1.54) is 11.1 Å². The Balaban J connectivity index is 1.74. The van der Waals surface area contributed by atoms with Gasteiger partial charge in [-0.05, 0) is 73.9 Å². The van der Waals surface area contributed by atoms with Gasteiger partial charge in [0.25, 0.3) is 0 Å². The number of nitrogens with zero attached hydrogens (tertiary/aromatic N) is 2. The Bertz CT molecular complexity index is 1280. The minimum atomic E-state index is -0.174. The summed E-state index contributed by atoms with van der Waals surface area (Å²) >= 11 is 12.2. The zero-order valence-corrected chi connectivity index (χ0v) is 18.5. The molecule has 4 aromatic rings. The van der Waals surface area contributed by atoms with E-state index < -0.39 is 0 Å². The molecule has 0 aliphatic heterocycles. The second-order valence-corrected chi connectivity index (χ2v) is 8.33. The summed E-state index contributed by atoms with van der Waals surface area (Å²) in [4.78, 5) is 17.7. The summed E-state index contributed by atoms with van der Waals surface area (Å²) in [5, 5.41) is 3.80. The first-order chi connectivity index (χ1) is 14.3.